The number of amides is 1. The molecule has 3 rings (SSSR count). The van der Waals surface area contributed by atoms with E-state index in [1.807, 2.05) is 43.5 Å². The summed E-state index contributed by atoms with van der Waals surface area (Å²) < 4.78 is 5.27. The lowest BCUT2D eigenvalue weighted by atomic mass is 10.1. The van der Waals surface area contributed by atoms with E-state index in [9.17, 15) is 4.79 Å². The van der Waals surface area contributed by atoms with Crippen molar-refractivity contribution in [1.29, 1.82) is 0 Å². The average Bonchev–Trinajstić information content (AvgIpc) is 3.00. The van der Waals surface area contributed by atoms with E-state index >= 15 is 0 Å². The van der Waals surface area contributed by atoms with Crippen molar-refractivity contribution in [2.24, 2.45) is 0 Å². The van der Waals surface area contributed by atoms with Crippen LogP contribution in [0.15, 0.2) is 41.9 Å². The van der Waals surface area contributed by atoms with Crippen LogP contribution in [0.1, 0.15) is 10.7 Å². The molecule has 1 amide bonds. The van der Waals surface area contributed by atoms with Crippen LogP contribution in [0.5, 0.6) is 6.01 Å². The molecule has 24 heavy (non-hydrogen) atoms. The number of nitrogens with one attached hydrogen (secondary N) is 1. The maximum Gasteiger partial charge on any atom is 0.317 e. The maximum atomic E-state index is 11.9. The number of carbonyl (C=O) groups excluding carboxylic acids is 1. The van der Waals surface area contributed by atoms with E-state index in [1.54, 1.807) is 23.6 Å². The number of benzene rings is 1. The molecule has 7 heteroatoms. The van der Waals surface area contributed by atoms with Crippen molar-refractivity contribution in [3.8, 4) is 17.3 Å². The third kappa shape index (κ3) is 4.14. The van der Waals surface area contributed by atoms with Gasteiger partial charge in [-0.15, -0.1) is 11.3 Å². The van der Waals surface area contributed by atoms with Gasteiger partial charge in [0.25, 0.3) is 5.91 Å². The summed E-state index contributed by atoms with van der Waals surface area (Å²) >= 11 is 1.61. The number of carbonyl (C=O) groups is 1. The van der Waals surface area contributed by atoms with Gasteiger partial charge in [-0.2, -0.15) is 0 Å². The lowest BCUT2D eigenvalue weighted by molar-refractivity contribution is -0.118. The van der Waals surface area contributed by atoms with E-state index in [0.29, 0.717) is 5.69 Å². The van der Waals surface area contributed by atoms with Crippen molar-refractivity contribution in [3.05, 3.63) is 52.6 Å². The van der Waals surface area contributed by atoms with Gasteiger partial charge in [-0.3, -0.25) is 4.79 Å². The monoisotopic (exact) mass is 340 g/mol. The highest BCUT2D eigenvalue weighted by Gasteiger charge is 2.07. The summed E-state index contributed by atoms with van der Waals surface area (Å²) in [6.45, 7) is 3.66. The van der Waals surface area contributed by atoms with Crippen LogP contribution in [0.4, 0.5) is 5.69 Å². The summed E-state index contributed by atoms with van der Waals surface area (Å²) in [5, 5.41) is 5.81. The fraction of sp³-hybridized carbons (Fsp3) is 0.176. The zero-order valence-electron chi connectivity index (χ0n) is 13.3. The van der Waals surface area contributed by atoms with Crippen LogP contribution in [-0.2, 0) is 4.79 Å². The van der Waals surface area contributed by atoms with Crippen LogP contribution < -0.4 is 10.1 Å². The molecule has 1 aromatic carbocycles. The first-order valence-electron chi connectivity index (χ1n) is 7.35. The second-order valence-electron chi connectivity index (χ2n) is 5.15. The number of hydrogen-bond donors (Lipinski definition) is 1. The molecule has 0 fully saturated rings. The van der Waals surface area contributed by atoms with Gasteiger partial charge in [0.15, 0.2) is 6.61 Å². The number of aromatic nitrogens is 3. The Kier molecular flexibility index (Phi) is 4.81. The summed E-state index contributed by atoms with van der Waals surface area (Å²) in [7, 11) is 0. The van der Waals surface area contributed by atoms with Crippen LogP contribution in [0.25, 0.3) is 11.3 Å². The number of anilines is 1. The minimum atomic E-state index is -0.266. The molecule has 3 aromatic rings. The molecule has 0 aliphatic rings. The minimum absolute atomic E-state index is 0.142. The van der Waals surface area contributed by atoms with Crippen LogP contribution >= 0.6 is 11.3 Å². The summed E-state index contributed by atoms with van der Waals surface area (Å²) in [5.74, 6) is -0.266. The Morgan fingerprint density at radius 3 is 2.62 bits per heavy atom. The van der Waals surface area contributed by atoms with Crippen molar-refractivity contribution in [2.75, 3.05) is 11.9 Å². The standard InChI is InChI=1S/C17H16N4O2S/c1-11-7-8-18-17(19-11)23-9-16(22)21-14-5-3-13(4-6-14)15-10-24-12(2)20-15/h3-8,10H,9H2,1-2H3,(H,21,22). The molecular weight excluding hydrogens is 324 g/mol. The topological polar surface area (TPSA) is 77.0 Å². The normalized spacial score (nSPS) is 10.4. The van der Waals surface area contributed by atoms with E-state index in [0.717, 1.165) is 22.0 Å². The number of nitrogens with zero attached hydrogens (tertiary/aromatic N) is 3. The van der Waals surface area contributed by atoms with Crippen molar-refractivity contribution >= 4 is 22.9 Å². The zero-order chi connectivity index (χ0) is 16.9. The first-order valence-corrected chi connectivity index (χ1v) is 8.23. The van der Waals surface area contributed by atoms with E-state index in [4.69, 9.17) is 4.74 Å². The minimum Gasteiger partial charge on any atom is -0.453 e. The van der Waals surface area contributed by atoms with Crippen LogP contribution in [0.3, 0.4) is 0 Å². The highest BCUT2D eigenvalue weighted by molar-refractivity contribution is 7.09. The first kappa shape index (κ1) is 16.1. The molecular formula is C17H16N4O2S. The molecule has 2 heterocycles. The number of hydrogen-bond acceptors (Lipinski definition) is 6. The molecule has 0 unspecified atom stereocenters. The molecule has 0 atom stereocenters. The fourth-order valence-electron chi connectivity index (χ4n) is 2.04. The van der Waals surface area contributed by atoms with Crippen molar-refractivity contribution < 1.29 is 9.53 Å². The van der Waals surface area contributed by atoms with E-state index in [-0.39, 0.29) is 18.5 Å². The Balaban J connectivity index is 1.56. The van der Waals surface area contributed by atoms with E-state index in [2.05, 4.69) is 20.3 Å². The predicted octanol–water partition coefficient (Wildman–Crippen LogP) is 3.23. The molecule has 0 saturated carbocycles. The summed E-state index contributed by atoms with van der Waals surface area (Å²) in [6, 6.07) is 9.48. The van der Waals surface area contributed by atoms with Gasteiger partial charge in [0.2, 0.25) is 0 Å². The summed E-state index contributed by atoms with van der Waals surface area (Å²) in [6.07, 6.45) is 1.59. The lowest BCUT2D eigenvalue weighted by Crippen LogP contribution is -2.20. The maximum absolute atomic E-state index is 11.9. The highest BCUT2D eigenvalue weighted by Crippen LogP contribution is 2.23. The lowest BCUT2D eigenvalue weighted by Gasteiger charge is -2.07. The number of thiazole rings is 1. The zero-order valence-corrected chi connectivity index (χ0v) is 14.1. The molecule has 1 N–H and O–H groups in total. The van der Waals surface area contributed by atoms with Crippen LogP contribution in [0, 0.1) is 13.8 Å². The Morgan fingerprint density at radius 1 is 1.17 bits per heavy atom. The Bertz CT molecular complexity index is 846. The number of aryl methyl sites for hydroxylation is 2. The molecule has 0 saturated heterocycles. The molecule has 0 aliphatic carbocycles. The second-order valence-corrected chi connectivity index (χ2v) is 6.21. The average molecular weight is 340 g/mol. The molecule has 6 nitrogen and oxygen atoms in total. The van der Waals surface area contributed by atoms with Crippen LogP contribution in [-0.4, -0.2) is 27.5 Å². The van der Waals surface area contributed by atoms with Gasteiger partial charge < -0.3 is 10.1 Å². The molecule has 0 bridgehead atoms. The smallest absolute Gasteiger partial charge is 0.317 e. The Morgan fingerprint density at radius 2 is 1.96 bits per heavy atom. The molecule has 0 radical (unpaired) electrons. The van der Waals surface area contributed by atoms with Crippen molar-refractivity contribution in [2.45, 2.75) is 13.8 Å². The Labute approximate surface area is 143 Å². The third-order valence-electron chi connectivity index (χ3n) is 3.19. The van der Waals surface area contributed by atoms with Gasteiger partial charge in [0.1, 0.15) is 0 Å². The molecule has 122 valence electrons. The van der Waals surface area contributed by atoms with Gasteiger partial charge in [-0.1, -0.05) is 12.1 Å². The van der Waals surface area contributed by atoms with Crippen LogP contribution in [0.2, 0.25) is 0 Å². The highest BCUT2D eigenvalue weighted by atomic mass is 32.1. The predicted molar refractivity (Wildman–Crippen MR) is 93.2 cm³/mol. The fourth-order valence-corrected chi connectivity index (χ4v) is 2.66. The molecule has 0 aliphatic heterocycles. The van der Waals surface area contributed by atoms with E-state index < -0.39 is 0 Å². The summed E-state index contributed by atoms with van der Waals surface area (Å²) in [4.78, 5) is 24.4. The van der Waals surface area contributed by atoms with Gasteiger partial charge in [-0.25, -0.2) is 15.0 Å². The quantitative estimate of drug-likeness (QED) is 0.771. The van der Waals surface area contributed by atoms with Gasteiger partial charge in [-0.05, 0) is 32.0 Å². The van der Waals surface area contributed by atoms with Gasteiger partial charge in [0, 0.05) is 28.5 Å². The van der Waals surface area contributed by atoms with Crippen molar-refractivity contribution in [3.63, 3.8) is 0 Å². The summed E-state index contributed by atoms with van der Waals surface area (Å²) in [5.41, 5.74) is 3.44. The second kappa shape index (κ2) is 7.18. The molecule has 0 spiro atoms. The molecule has 2 aromatic heterocycles. The SMILES string of the molecule is Cc1ccnc(OCC(=O)Nc2ccc(-c3csc(C)n3)cc2)n1. The van der Waals surface area contributed by atoms with Gasteiger partial charge in [0.05, 0.1) is 10.7 Å². The van der Waals surface area contributed by atoms with E-state index in [1.165, 1.54) is 0 Å². The largest absolute Gasteiger partial charge is 0.453 e. The number of ether oxygens (including phenoxy) is 1. The van der Waals surface area contributed by atoms with Crippen molar-refractivity contribution in [1.82, 2.24) is 15.0 Å². The first-order chi connectivity index (χ1) is 11.6. The Hall–Kier alpha value is -2.80. The number of rotatable bonds is 5. The third-order valence-corrected chi connectivity index (χ3v) is 3.96. The van der Waals surface area contributed by atoms with Gasteiger partial charge >= 0.3 is 6.01 Å².